The van der Waals surface area contributed by atoms with E-state index in [0.717, 1.165) is 10.6 Å². The second-order valence-corrected chi connectivity index (χ2v) is 7.11. The highest BCUT2D eigenvalue weighted by atomic mass is 32.2. The van der Waals surface area contributed by atoms with Crippen molar-refractivity contribution in [2.45, 2.75) is 12.3 Å². The first-order valence-corrected chi connectivity index (χ1v) is 9.04. The van der Waals surface area contributed by atoms with Crippen LogP contribution in [-0.4, -0.2) is 22.6 Å². The normalized spacial score (nSPS) is 16.3. The molecule has 1 aliphatic rings. The van der Waals surface area contributed by atoms with Crippen molar-refractivity contribution >= 4 is 33.7 Å². The number of carbonyl (C=O) groups excluding carboxylic acids is 1. The molecule has 2 aromatic carbocycles. The van der Waals surface area contributed by atoms with E-state index in [1.54, 1.807) is 36.9 Å². The molecule has 132 valence electrons. The third-order valence-corrected chi connectivity index (χ3v) is 5.32. The van der Waals surface area contributed by atoms with Crippen LogP contribution >= 0.6 is 11.8 Å². The fourth-order valence-electron chi connectivity index (χ4n) is 2.91. The number of benzene rings is 2. The van der Waals surface area contributed by atoms with Gasteiger partial charge in [-0.15, -0.1) is 0 Å². The number of thioether (sulfide) groups is 1. The second-order valence-electron chi connectivity index (χ2n) is 5.93. The van der Waals surface area contributed by atoms with Crippen molar-refractivity contribution in [3.8, 4) is 5.75 Å². The molecule has 0 saturated carbocycles. The van der Waals surface area contributed by atoms with Crippen molar-refractivity contribution in [3.05, 3.63) is 65.4 Å². The minimum atomic E-state index is -0.329. The lowest BCUT2D eigenvalue weighted by molar-refractivity contribution is 0.0933. The highest BCUT2D eigenvalue weighted by Crippen LogP contribution is 2.33. The molecule has 0 spiro atoms. The maximum atomic E-state index is 12.5. The molecule has 4 rings (SSSR count). The summed E-state index contributed by atoms with van der Waals surface area (Å²) < 4.78 is 5.61. The third kappa shape index (κ3) is 3.01. The number of phenolic OH excluding ortho intramolecular Hbond substituents is 1. The molecule has 0 saturated heterocycles. The zero-order valence-corrected chi connectivity index (χ0v) is 14.8. The van der Waals surface area contributed by atoms with Gasteiger partial charge in [0.2, 0.25) is 0 Å². The van der Waals surface area contributed by atoms with Gasteiger partial charge in [-0.2, -0.15) is 5.10 Å². The molecule has 3 N–H and O–H groups in total. The summed E-state index contributed by atoms with van der Waals surface area (Å²) in [6.07, 6.45) is 0. The van der Waals surface area contributed by atoms with Gasteiger partial charge in [-0.05, 0) is 24.6 Å². The van der Waals surface area contributed by atoms with E-state index in [1.165, 1.54) is 0 Å². The van der Waals surface area contributed by atoms with Crippen LogP contribution in [0.4, 0.5) is 0 Å². The van der Waals surface area contributed by atoms with Crippen molar-refractivity contribution in [2.75, 3.05) is 6.54 Å². The van der Waals surface area contributed by atoms with E-state index >= 15 is 0 Å². The quantitative estimate of drug-likeness (QED) is 0.657. The molecule has 1 aliphatic heterocycles. The summed E-state index contributed by atoms with van der Waals surface area (Å²) in [5.74, 6) is -0.0179. The van der Waals surface area contributed by atoms with Gasteiger partial charge in [0.05, 0.1) is 11.9 Å². The monoisotopic (exact) mass is 367 g/mol. The Balaban J connectivity index is 1.42. The summed E-state index contributed by atoms with van der Waals surface area (Å²) in [4.78, 5) is 12.5. The maximum absolute atomic E-state index is 12.5. The van der Waals surface area contributed by atoms with Crippen molar-refractivity contribution in [3.63, 3.8) is 0 Å². The molecule has 26 heavy (non-hydrogen) atoms. The van der Waals surface area contributed by atoms with Gasteiger partial charge >= 0.3 is 0 Å². The first kappa shape index (κ1) is 16.5. The van der Waals surface area contributed by atoms with E-state index in [9.17, 15) is 9.90 Å². The molecular formula is C19H17N3O3S. The lowest BCUT2D eigenvalue weighted by atomic mass is 10.1. The molecule has 7 heteroatoms. The Morgan fingerprint density at radius 2 is 2.08 bits per heavy atom. The number of phenols is 1. The summed E-state index contributed by atoms with van der Waals surface area (Å²) in [5, 5.41) is 18.5. The predicted molar refractivity (Wildman–Crippen MR) is 102 cm³/mol. The van der Waals surface area contributed by atoms with Crippen LogP contribution in [0, 0.1) is 6.92 Å². The number of carbonyl (C=O) groups is 1. The summed E-state index contributed by atoms with van der Waals surface area (Å²) >= 11 is 1.57. The first-order chi connectivity index (χ1) is 12.6. The summed E-state index contributed by atoms with van der Waals surface area (Å²) in [6, 6.07) is 15.0. The average Bonchev–Trinajstić information content (AvgIpc) is 3.26. The molecule has 0 bridgehead atoms. The lowest BCUT2D eigenvalue weighted by Gasteiger charge is -2.08. The topological polar surface area (TPSA) is 86.9 Å². The third-order valence-electron chi connectivity index (χ3n) is 4.20. The number of hydrogen-bond donors (Lipinski definition) is 3. The number of amides is 1. The zero-order valence-electron chi connectivity index (χ0n) is 14.0. The minimum Gasteiger partial charge on any atom is -0.507 e. The number of nitrogens with zero attached hydrogens (tertiary/aromatic N) is 1. The summed E-state index contributed by atoms with van der Waals surface area (Å²) in [7, 11) is 0. The Morgan fingerprint density at radius 1 is 1.27 bits per heavy atom. The van der Waals surface area contributed by atoms with Crippen LogP contribution in [-0.2, 0) is 0 Å². The highest BCUT2D eigenvalue weighted by Gasteiger charge is 2.23. The summed E-state index contributed by atoms with van der Waals surface area (Å²) in [5.41, 5.74) is 5.31. The van der Waals surface area contributed by atoms with Gasteiger partial charge < -0.3 is 14.8 Å². The molecule has 1 unspecified atom stereocenters. The lowest BCUT2D eigenvalue weighted by Crippen LogP contribution is -2.28. The van der Waals surface area contributed by atoms with Crippen molar-refractivity contribution < 1.29 is 14.3 Å². The van der Waals surface area contributed by atoms with E-state index in [1.807, 2.05) is 30.3 Å². The first-order valence-electron chi connectivity index (χ1n) is 8.16. The Labute approximate surface area is 154 Å². The summed E-state index contributed by atoms with van der Waals surface area (Å²) in [6.45, 7) is 2.07. The van der Waals surface area contributed by atoms with E-state index in [4.69, 9.17) is 4.42 Å². The standard InChI is InChI=1S/C19H17N3O3S/c1-11-16-13(23)8-5-9-14(16)25-17(11)18(24)20-10-15-21-22-19(26-15)12-6-3-2-4-7-12/h2-9,19,22-23H,10H2,1H3,(H,20,24). The number of hydrogen-bond acceptors (Lipinski definition) is 6. The Morgan fingerprint density at radius 3 is 2.85 bits per heavy atom. The number of fused-ring (bicyclic) bond motifs is 1. The van der Waals surface area contributed by atoms with E-state index < -0.39 is 0 Å². The largest absolute Gasteiger partial charge is 0.507 e. The Hall–Kier alpha value is -2.93. The Kier molecular flexibility index (Phi) is 4.30. The molecule has 0 aliphatic carbocycles. The van der Waals surface area contributed by atoms with E-state index in [0.29, 0.717) is 23.1 Å². The average molecular weight is 367 g/mol. The fourth-order valence-corrected chi connectivity index (χ4v) is 3.84. The van der Waals surface area contributed by atoms with Crippen LogP contribution < -0.4 is 10.7 Å². The molecule has 0 radical (unpaired) electrons. The zero-order chi connectivity index (χ0) is 18.1. The predicted octanol–water partition coefficient (Wildman–Crippen LogP) is 3.53. The molecular weight excluding hydrogens is 350 g/mol. The van der Waals surface area contributed by atoms with Gasteiger partial charge in [0, 0.05) is 5.56 Å². The van der Waals surface area contributed by atoms with Gasteiger partial charge in [-0.25, -0.2) is 0 Å². The molecule has 6 nitrogen and oxygen atoms in total. The smallest absolute Gasteiger partial charge is 0.287 e. The van der Waals surface area contributed by atoms with Crippen LogP contribution in [0.15, 0.2) is 58.0 Å². The molecule has 2 heterocycles. The van der Waals surface area contributed by atoms with Gasteiger partial charge in [0.15, 0.2) is 5.76 Å². The molecule has 1 amide bonds. The second kappa shape index (κ2) is 6.76. The number of furan rings is 1. The van der Waals surface area contributed by atoms with Gasteiger partial charge in [0.25, 0.3) is 5.91 Å². The van der Waals surface area contributed by atoms with Crippen LogP contribution in [0.1, 0.15) is 27.1 Å². The number of aryl methyl sites for hydroxylation is 1. The molecule has 0 fully saturated rings. The van der Waals surface area contributed by atoms with Gasteiger partial charge in [-0.3, -0.25) is 10.2 Å². The van der Waals surface area contributed by atoms with Crippen molar-refractivity contribution in [1.29, 1.82) is 0 Å². The molecule has 1 atom stereocenters. The maximum Gasteiger partial charge on any atom is 0.287 e. The van der Waals surface area contributed by atoms with Gasteiger partial charge in [0.1, 0.15) is 21.8 Å². The van der Waals surface area contributed by atoms with Crippen molar-refractivity contribution in [1.82, 2.24) is 10.7 Å². The van der Waals surface area contributed by atoms with Crippen LogP contribution in [0.25, 0.3) is 11.0 Å². The SMILES string of the molecule is Cc1c(C(=O)NCC2=NNC(c3ccccc3)S2)oc2cccc(O)c12. The van der Waals surface area contributed by atoms with E-state index in [2.05, 4.69) is 15.8 Å². The van der Waals surface area contributed by atoms with Crippen LogP contribution in [0.5, 0.6) is 5.75 Å². The van der Waals surface area contributed by atoms with Gasteiger partial charge in [-0.1, -0.05) is 48.2 Å². The van der Waals surface area contributed by atoms with E-state index in [-0.39, 0.29) is 22.8 Å². The fraction of sp³-hybridized carbons (Fsp3) is 0.158. The van der Waals surface area contributed by atoms with Crippen molar-refractivity contribution in [2.24, 2.45) is 5.10 Å². The molecule has 1 aromatic heterocycles. The van der Waals surface area contributed by atoms with Crippen LogP contribution in [0.3, 0.4) is 0 Å². The molecule has 3 aromatic rings. The number of aromatic hydroxyl groups is 1. The Bertz CT molecular complexity index is 998. The minimum absolute atomic E-state index is 0.0491. The highest BCUT2D eigenvalue weighted by molar-refractivity contribution is 8.14. The number of nitrogens with one attached hydrogen (secondary N) is 2. The number of hydrazone groups is 1. The number of rotatable bonds is 4. The van der Waals surface area contributed by atoms with Crippen LogP contribution in [0.2, 0.25) is 0 Å².